The molecule has 0 spiro atoms. The molecule has 6 heteroatoms. The number of carbonyl (C=O) groups is 2. The third kappa shape index (κ3) is 3.50. The van der Waals surface area contributed by atoms with E-state index in [0.29, 0.717) is 11.3 Å². The van der Waals surface area contributed by atoms with Gasteiger partial charge in [-0.25, -0.2) is 0 Å². The summed E-state index contributed by atoms with van der Waals surface area (Å²) in [5.74, 6) is -0.704. The number of pyridine rings is 1. The molecule has 1 atom stereocenters. The highest BCUT2D eigenvalue weighted by Gasteiger charge is 2.48. The lowest BCUT2D eigenvalue weighted by molar-refractivity contribution is -0.141. The number of aliphatic hydroxyl groups is 1. The molecule has 0 radical (unpaired) electrons. The molecule has 2 heterocycles. The minimum atomic E-state index is -0.641. The molecule has 1 unspecified atom stereocenters. The summed E-state index contributed by atoms with van der Waals surface area (Å²) in [6.45, 7) is 0. The van der Waals surface area contributed by atoms with E-state index in [1.165, 1.54) is 0 Å². The fourth-order valence-corrected chi connectivity index (χ4v) is 4.36. The highest BCUT2D eigenvalue weighted by molar-refractivity contribution is 6.46. The Morgan fingerprint density at radius 3 is 2.45 bits per heavy atom. The average Bonchev–Trinajstić information content (AvgIpc) is 3.05. The molecule has 1 aromatic heterocycles. The Balaban J connectivity index is 1.83. The average molecular weight is 392 g/mol. The number of aromatic nitrogens is 1. The second kappa shape index (κ2) is 8.07. The molecule has 6 nitrogen and oxygen atoms in total. The number of amides is 1. The number of aliphatic hydroxyl groups excluding tert-OH is 1. The molecule has 2 aromatic rings. The van der Waals surface area contributed by atoms with Crippen molar-refractivity contribution < 1.29 is 19.4 Å². The third-order valence-corrected chi connectivity index (χ3v) is 5.81. The number of rotatable bonds is 4. The first kappa shape index (κ1) is 19.2. The Hall–Kier alpha value is -3.15. The van der Waals surface area contributed by atoms with Gasteiger partial charge in [-0.15, -0.1) is 0 Å². The van der Waals surface area contributed by atoms with Gasteiger partial charge in [0.15, 0.2) is 0 Å². The van der Waals surface area contributed by atoms with Gasteiger partial charge in [0, 0.05) is 24.0 Å². The van der Waals surface area contributed by atoms with Crippen molar-refractivity contribution in [3.8, 4) is 5.75 Å². The van der Waals surface area contributed by atoms with Gasteiger partial charge >= 0.3 is 0 Å². The molecule has 0 bridgehead atoms. The standard InChI is InChI=1S/C23H24N2O4/c1-29-18-11-9-15(10-12-18)21(26)19-20(16-6-5-13-24-14-16)25(23(28)22(19)27)17-7-3-2-4-8-17/h5-6,9-14,17,20,26H,2-4,7-8H2,1H3/b21-19-. The number of likely N-dealkylation sites (tertiary alicyclic amines) is 1. The maximum absolute atomic E-state index is 13.0. The van der Waals surface area contributed by atoms with Crippen LogP contribution in [0.25, 0.3) is 5.76 Å². The van der Waals surface area contributed by atoms with Crippen LogP contribution in [0.2, 0.25) is 0 Å². The summed E-state index contributed by atoms with van der Waals surface area (Å²) in [5.41, 5.74) is 1.33. The van der Waals surface area contributed by atoms with E-state index in [-0.39, 0.29) is 17.4 Å². The zero-order valence-electron chi connectivity index (χ0n) is 16.4. The second-order valence-corrected chi connectivity index (χ2v) is 7.51. The number of benzene rings is 1. The molecule has 4 rings (SSSR count). The molecule has 1 saturated carbocycles. The van der Waals surface area contributed by atoms with Crippen LogP contribution in [0.15, 0.2) is 54.4 Å². The van der Waals surface area contributed by atoms with E-state index in [9.17, 15) is 14.7 Å². The molecular weight excluding hydrogens is 368 g/mol. The molecule has 1 aliphatic heterocycles. The Bertz CT molecular complexity index is 931. The summed E-state index contributed by atoms with van der Waals surface area (Å²) in [5, 5.41) is 11.0. The summed E-state index contributed by atoms with van der Waals surface area (Å²) < 4.78 is 5.16. The van der Waals surface area contributed by atoms with Gasteiger partial charge < -0.3 is 14.7 Å². The van der Waals surface area contributed by atoms with Crippen molar-refractivity contribution in [1.29, 1.82) is 0 Å². The largest absolute Gasteiger partial charge is 0.507 e. The Morgan fingerprint density at radius 2 is 1.83 bits per heavy atom. The molecule has 150 valence electrons. The van der Waals surface area contributed by atoms with E-state index in [2.05, 4.69) is 4.98 Å². The number of carbonyl (C=O) groups excluding carboxylic acids is 2. The van der Waals surface area contributed by atoms with E-state index >= 15 is 0 Å². The maximum Gasteiger partial charge on any atom is 0.295 e. The lowest BCUT2D eigenvalue weighted by Crippen LogP contribution is -2.40. The van der Waals surface area contributed by atoms with Crippen LogP contribution >= 0.6 is 0 Å². The first-order valence-corrected chi connectivity index (χ1v) is 9.96. The predicted octanol–water partition coefficient (Wildman–Crippen LogP) is 3.84. The van der Waals surface area contributed by atoms with Crippen molar-refractivity contribution in [3.63, 3.8) is 0 Å². The van der Waals surface area contributed by atoms with E-state index in [4.69, 9.17) is 4.74 Å². The molecule has 1 amide bonds. The summed E-state index contributed by atoms with van der Waals surface area (Å²) in [4.78, 5) is 31.9. The summed E-state index contributed by atoms with van der Waals surface area (Å²) in [7, 11) is 1.56. The number of ether oxygens (including phenoxy) is 1. The van der Waals surface area contributed by atoms with Crippen molar-refractivity contribution in [3.05, 3.63) is 65.5 Å². The maximum atomic E-state index is 13.0. The monoisotopic (exact) mass is 392 g/mol. The Kier molecular flexibility index (Phi) is 5.34. The van der Waals surface area contributed by atoms with Gasteiger partial charge in [-0.05, 0) is 48.7 Å². The minimum absolute atomic E-state index is 0.00780. The predicted molar refractivity (Wildman–Crippen MR) is 108 cm³/mol. The van der Waals surface area contributed by atoms with Gasteiger partial charge in [0.2, 0.25) is 0 Å². The topological polar surface area (TPSA) is 79.7 Å². The number of ketones is 1. The first-order valence-electron chi connectivity index (χ1n) is 9.96. The van der Waals surface area contributed by atoms with Crippen LogP contribution in [0.3, 0.4) is 0 Å². The lowest BCUT2D eigenvalue weighted by Gasteiger charge is -2.35. The van der Waals surface area contributed by atoms with Crippen molar-refractivity contribution >= 4 is 17.4 Å². The SMILES string of the molecule is COc1ccc(/C(O)=C2/C(=O)C(=O)N(C3CCCCC3)C2c2cccnc2)cc1. The molecular formula is C23H24N2O4. The fraction of sp³-hybridized carbons (Fsp3) is 0.348. The number of hydrogen-bond acceptors (Lipinski definition) is 5. The molecule has 1 aliphatic carbocycles. The smallest absolute Gasteiger partial charge is 0.295 e. The quantitative estimate of drug-likeness (QED) is 0.486. The van der Waals surface area contributed by atoms with Crippen molar-refractivity contribution in [2.75, 3.05) is 7.11 Å². The highest BCUT2D eigenvalue weighted by atomic mass is 16.5. The lowest BCUT2D eigenvalue weighted by atomic mass is 9.91. The summed E-state index contributed by atoms with van der Waals surface area (Å²) in [6.07, 6.45) is 8.26. The summed E-state index contributed by atoms with van der Waals surface area (Å²) >= 11 is 0. The van der Waals surface area contributed by atoms with Crippen molar-refractivity contribution in [2.24, 2.45) is 0 Å². The third-order valence-electron chi connectivity index (χ3n) is 5.81. The van der Waals surface area contributed by atoms with E-state index in [0.717, 1.165) is 37.7 Å². The number of methoxy groups -OCH3 is 1. The number of nitrogens with zero attached hydrogens (tertiary/aromatic N) is 2. The molecule has 1 aromatic carbocycles. The minimum Gasteiger partial charge on any atom is -0.507 e. The number of hydrogen-bond donors (Lipinski definition) is 1. The van der Waals surface area contributed by atoms with Gasteiger partial charge in [0.1, 0.15) is 11.5 Å². The van der Waals surface area contributed by atoms with E-state index in [1.807, 2.05) is 6.07 Å². The molecule has 1 N–H and O–H groups in total. The molecule has 29 heavy (non-hydrogen) atoms. The van der Waals surface area contributed by atoms with Crippen LogP contribution in [-0.4, -0.2) is 39.8 Å². The van der Waals surface area contributed by atoms with Crippen LogP contribution in [0.1, 0.15) is 49.3 Å². The zero-order valence-corrected chi connectivity index (χ0v) is 16.4. The molecule has 2 fully saturated rings. The van der Waals surface area contributed by atoms with Crippen LogP contribution in [0.4, 0.5) is 0 Å². The zero-order chi connectivity index (χ0) is 20.4. The van der Waals surface area contributed by atoms with E-state index < -0.39 is 17.7 Å². The van der Waals surface area contributed by atoms with Crippen molar-refractivity contribution in [2.45, 2.75) is 44.2 Å². The second-order valence-electron chi connectivity index (χ2n) is 7.51. The van der Waals surface area contributed by atoms with Crippen LogP contribution < -0.4 is 4.74 Å². The normalized spacial score (nSPS) is 22.1. The Labute approximate surface area is 169 Å². The van der Waals surface area contributed by atoms with Crippen LogP contribution in [-0.2, 0) is 9.59 Å². The Morgan fingerprint density at radius 1 is 1.10 bits per heavy atom. The van der Waals surface area contributed by atoms with Gasteiger partial charge in [0.25, 0.3) is 11.7 Å². The highest BCUT2D eigenvalue weighted by Crippen LogP contribution is 2.42. The van der Waals surface area contributed by atoms with Gasteiger partial charge in [0.05, 0.1) is 18.7 Å². The van der Waals surface area contributed by atoms with Gasteiger partial charge in [-0.3, -0.25) is 14.6 Å². The molecule has 2 aliphatic rings. The van der Waals surface area contributed by atoms with E-state index in [1.54, 1.807) is 54.7 Å². The first-order chi connectivity index (χ1) is 14.1. The molecule has 1 saturated heterocycles. The van der Waals surface area contributed by atoms with Crippen molar-refractivity contribution in [1.82, 2.24) is 9.88 Å². The van der Waals surface area contributed by atoms with Crippen LogP contribution in [0, 0.1) is 0 Å². The van der Waals surface area contributed by atoms with Gasteiger partial charge in [-0.2, -0.15) is 0 Å². The number of Topliss-reactive ketones (excluding diaryl/α,β-unsaturated/α-hetero) is 1. The van der Waals surface area contributed by atoms with Crippen LogP contribution in [0.5, 0.6) is 5.75 Å². The fourth-order valence-electron chi connectivity index (χ4n) is 4.36. The van der Waals surface area contributed by atoms with Gasteiger partial charge in [-0.1, -0.05) is 25.3 Å². The summed E-state index contributed by atoms with van der Waals surface area (Å²) in [6, 6.07) is 9.78.